The number of aromatic nitrogens is 2. The van der Waals surface area contributed by atoms with Crippen molar-refractivity contribution in [1.29, 1.82) is 0 Å². The minimum absolute atomic E-state index is 0.0981. The third-order valence-electron chi connectivity index (χ3n) is 3.84. The molecule has 0 saturated heterocycles. The molecule has 0 bridgehead atoms. The van der Waals surface area contributed by atoms with E-state index >= 15 is 0 Å². The third-order valence-corrected chi connectivity index (χ3v) is 3.84. The molecular formula is C20H19N3O3. The molecule has 0 aliphatic carbocycles. The van der Waals surface area contributed by atoms with Gasteiger partial charge in [-0.15, -0.1) is 0 Å². The molecule has 6 nitrogen and oxygen atoms in total. The first kappa shape index (κ1) is 17.4. The molecule has 0 spiro atoms. The van der Waals surface area contributed by atoms with Crippen LogP contribution in [0.3, 0.4) is 0 Å². The summed E-state index contributed by atoms with van der Waals surface area (Å²) in [4.78, 5) is 25.5. The maximum Gasteiger partial charge on any atom is 0.325 e. The van der Waals surface area contributed by atoms with Crippen LogP contribution >= 0.6 is 0 Å². The minimum Gasteiger partial charge on any atom is -0.459 e. The van der Waals surface area contributed by atoms with Gasteiger partial charge in [-0.05, 0) is 35.9 Å². The molecule has 3 rings (SSSR count). The molecule has 3 aromatic rings. The largest absolute Gasteiger partial charge is 0.459 e. The zero-order valence-corrected chi connectivity index (χ0v) is 14.4. The lowest BCUT2D eigenvalue weighted by atomic mass is 10.2. The van der Waals surface area contributed by atoms with Crippen LogP contribution in [0, 0.1) is 0 Å². The Balaban J connectivity index is 1.50. The first-order valence-corrected chi connectivity index (χ1v) is 8.18. The Bertz CT molecular complexity index is 859. The van der Waals surface area contributed by atoms with Gasteiger partial charge in [-0.3, -0.25) is 9.59 Å². The van der Waals surface area contributed by atoms with E-state index in [4.69, 9.17) is 4.74 Å². The maximum atomic E-state index is 12.2. The van der Waals surface area contributed by atoms with Crippen molar-refractivity contribution < 1.29 is 14.3 Å². The van der Waals surface area contributed by atoms with Gasteiger partial charge in [0.15, 0.2) is 0 Å². The molecule has 6 heteroatoms. The van der Waals surface area contributed by atoms with E-state index in [2.05, 4.69) is 5.10 Å². The number of carbonyl (C=O) groups is 2. The predicted molar refractivity (Wildman–Crippen MR) is 96.8 cm³/mol. The summed E-state index contributed by atoms with van der Waals surface area (Å²) in [5.41, 5.74) is 2.33. The van der Waals surface area contributed by atoms with Crippen LogP contribution in [0.1, 0.15) is 15.9 Å². The normalized spacial score (nSPS) is 10.3. The SMILES string of the molecule is CN(CC(=O)OCc1ccc(-n2cccn2)cc1)C(=O)c1ccccc1. The van der Waals surface area contributed by atoms with Crippen LogP contribution in [0.4, 0.5) is 0 Å². The molecule has 0 radical (unpaired) electrons. The Morgan fingerprint density at radius 3 is 2.42 bits per heavy atom. The highest BCUT2D eigenvalue weighted by Crippen LogP contribution is 2.10. The molecule has 2 aromatic carbocycles. The maximum absolute atomic E-state index is 12.2. The van der Waals surface area contributed by atoms with Gasteiger partial charge in [0, 0.05) is 25.0 Å². The van der Waals surface area contributed by atoms with Crippen LogP contribution in [-0.4, -0.2) is 40.1 Å². The van der Waals surface area contributed by atoms with Gasteiger partial charge in [-0.1, -0.05) is 30.3 Å². The van der Waals surface area contributed by atoms with E-state index in [1.807, 2.05) is 42.6 Å². The smallest absolute Gasteiger partial charge is 0.325 e. The summed E-state index contributed by atoms with van der Waals surface area (Å²) >= 11 is 0. The van der Waals surface area contributed by atoms with Gasteiger partial charge in [0.25, 0.3) is 5.91 Å². The fourth-order valence-electron chi connectivity index (χ4n) is 2.44. The van der Waals surface area contributed by atoms with Gasteiger partial charge in [0.2, 0.25) is 0 Å². The average molecular weight is 349 g/mol. The van der Waals surface area contributed by atoms with Gasteiger partial charge in [0.1, 0.15) is 13.2 Å². The monoisotopic (exact) mass is 349 g/mol. The van der Waals surface area contributed by atoms with Gasteiger partial charge in [-0.25, -0.2) is 4.68 Å². The van der Waals surface area contributed by atoms with E-state index < -0.39 is 5.97 Å². The van der Waals surface area contributed by atoms with Gasteiger partial charge >= 0.3 is 5.97 Å². The summed E-state index contributed by atoms with van der Waals surface area (Å²) in [6.07, 6.45) is 3.57. The number of ether oxygens (including phenoxy) is 1. The summed E-state index contributed by atoms with van der Waals surface area (Å²) in [5, 5.41) is 4.16. The van der Waals surface area contributed by atoms with E-state index in [0.717, 1.165) is 11.3 Å². The van der Waals surface area contributed by atoms with Crippen LogP contribution in [0.25, 0.3) is 5.69 Å². The fraction of sp³-hybridized carbons (Fsp3) is 0.150. The van der Waals surface area contributed by atoms with E-state index in [0.29, 0.717) is 5.56 Å². The third kappa shape index (κ3) is 4.36. The zero-order chi connectivity index (χ0) is 18.4. The van der Waals surface area contributed by atoms with Crippen molar-refractivity contribution >= 4 is 11.9 Å². The minimum atomic E-state index is -0.451. The van der Waals surface area contributed by atoms with Crippen LogP contribution < -0.4 is 0 Å². The van der Waals surface area contributed by atoms with Crippen LogP contribution in [0.2, 0.25) is 0 Å². The number of hydrogen-bond acceptors (Lipinski definition) is 4. The summed E-state index contributed by atoms with van der Waals surface area (Å²) in [6, 6.07) is 18.2. The Hall–Kier alpha value is -3.41. The van der Waals surface area contributed by atoms with Crippen molar-refractivity contribution in [3.8, 4) is 5.69 Å². The summed E-state index contributed by atoms with van der Waals surface area (Å²) in [6.45, 7) is 0.0602. The van der Waals surface area contributed by atoms with Gasteiger partial charge in [0.05, 0.1) is 5.69 Å². The van der Waals surface area contributed by atoms with Crippen LogP contribution in [-0.2, 0) is 16.1 Å². The van der Waals surface area contributed by atoms with Gasteiger partial charge in [-0.2, -0.15) is 5.10 Å². The summed E-state index contributed by atoms with van der Waals surface area (Å²) in [5.74, 6) is -0.668. The lowest BCUT2D eigenvalue weighted by molar-refractivity contribution is -0.145. The Labute approximate surface area is 151 Å². The molecule has 132 valence electrons. The number of esters is 1. The topological polar surface area (TPSA) is 64.4 Å². The number of benzene rings is 2. The molecule has 0 unspecified atom stereocenters. The second-order valence-electron chi connectivity index (χ2n) is 5.81. The second-order valence-corrected chi connectivity index (χ2v) is 5.81. The van der Waals surface area contributed by atoms with Crippen LogP contribution in [0.15, 0.2) is 73.1 Å². The molecule has 0 aliphatic heterocycles. The number of likely N-dealkylation sites (N-methyl/N-ethyl adjacent to an activating group) is 1. The molecule has 1 amide bonds. The standard InChI is InChI=1S/C20H19N3O3/c1-22(20(25)17-6-3-2-4-7-17)14-19(24)26-15-16-8-10-18(11-9-16)23-13-5-12-21-23/h2-13H,14-15H2,1H3. The first-order chi connectivity index (χ1) is 12.6. The van der Waals surface area contributed by atoms with E-state index in [-0.39, 0.29) is 19.1 Å². The summed E-state index contributed by atoms with van der Waals surface area (Å²) in [7, 11) is 1.58. The highest BCUT2D eigenvalue weighted by atomic mass is 16.5. The van der Waals surface area contributed by atoms with E-state index in [1.54, 1.807) is 42.2 Å². The lowest BCUT2D eigenvalue weighted by Crippen LogP contribution is -2.32. The van der Waals surface area contributed by atoms with E-state index in [9.17, 15) is 9.59 Å². The molecule has 0 atom stereocenters. The lowest BCUT2D eigenvalue weighted by Gasteiger charge is -2.16. The molecule has 1 aromatic heterocycles. The highest BCUT2D eigenvalue weighted by Gasteiger charge is 2.15. The molecule has 0 fully saturated rings. The molecule has 0 N–H and O–H groups in total. The molecule has 0 saturated carbocycles. The van der Waals surface area contributed by atoms with E-state index in [1.165, 1.54) is 4.90 Å². The van der Waals surface area contributed by atoms with Gasteiger partial charge < -0.3 is 9.64 Å². The number of nitrogens with zero attached hydrogens (tertiary/aromatic N) is 3. The van der Waals surface area contributed by atoms with Crippen LogP contribution in [0.5, 0.6) is 0 Å². The number of rotatable bonds is 6. The van der Waals surface area contributed by atoms with Crippen molar-refractivity contribution in [2.45, 2.75) is 6.61 Å². The van der Waals surface area contributed by atoms with Crippen molar-refractivity contribution in [3.63, 3.8) is 0 Å². The molecular weight excluding hydrogens is 330 g/mol. The Kier molecular flexibility index (Phi) is 5.43. The zero-order valence-electron chi connectivity index (χ0n) is 14.4. The number of hydrogen-bond donors (Lipinski definition) is 0. The van der Waals surface area contributed by atoms with Crippen molar-refractivity contribution in [2.75, 3.05) is 13.6 Å². The average Bonchev–Trinajstić information content (AvgIpc) is 3.21. The fourth-order valence-corrected chi connectivity index (χ4v) is 2.44. The van der Waals surface area contributed by atoms with Crippen molar-refractivity contribution in [3.05, 3.63) is 84.2 Å². The summed E-state index contributed by atoms with van der Waals surface area (Å²) < 4.78 is 7.01. The Morgan fingerprint density at radius 2 is 1.77 bits per heavy atom. The second kappa shape index (κ2) is 8.11. The van der Waals surface area contributed by atoms with Crippen molar-refractivity contribution in [1.82, 2.24) is 14.7 Å². The van der Waals surface area contributed by atoms with Crippen molar-refractivity contribution in [2.24, 2.45) is 0 Å². The number of carbonyl (C=O) groups excluding carboxylic acids is 2. The number of amides is 1. The highest BCUT2D eigenvalue weighted by molar-refractivity contribution is 5.95. The Morgan fingerprint density at radius 1 is 1.04 bits per heavy atom. The first-order valence-electron chi connectivity index (χ1n) is 8.18. The predicted octanol–water partition coefficient (Wildman–Crippen LogP) is 2.69. The molecule has 26 heavy (non-hydrogen) atoms. The quantitative estimate of drug-likeness (QED) is 0.642. The molecule has 1 heterocycles. The molecule has 0 aliphatic rings.